The summed E-state index contributed by atoms with van der Waals surface area (Å²) in [5, 5.41) is 8.52. The van der Waals surface area contributed by atoms with E-state index in [0.29, 0.717) is 30.6 Å². The van der Waals surface area contributed by atoms with Gasteiger partial charge in [-0.1, -0.05) is 31.1 Å². The SMILES string of the molecule is CC(C)c1noc(-c2cc3n(n2)CC(c2ccc(F)cc2)OC3)n1. The van der Waals surface area contributed by atoms with E-state index in [-0.39, 0.29) is 17.8 Å². The van der Waals surface area contributed by atoms with Crippen LogP contribution in [0.5, 0.6) is 0 Å². The van der Waals surface area contributed by atoms with Gasteiger partial charge in [0.05, 0.1) is 18.8 Å². The number of nitrogens with zero attached hydrogens (tertiary/aromatic N) is 4. The third kappa shape index (κ3) is 2.71. The Morgan fingerprint density at radius 3 is 2.75 bits per heavy atom. The molecule has 1 aromatic carbocycles. The summed E-state index contributed by atoms with van der Waals surface area (Å²) in [6.45, 7) is 5.01. The molecule has 3 heterocycles. The van der Waals surface area contributed by atoms with Crippen LogP contribution in [0.3, 0.4) is 0 Å². The number of halogens is 1. The van der Waals surface area contributed by atoms with Gasteiger partial charge in [-0.15, -0.1) is 0 Å². The van der Waals surface area contributed by atoms with Gasteiger partial charge in [-0.3, -0.25) is 4.68 Å². The summed E-state index contributed by atoms with van der Waals surface area (Å²) in [5.41, 5.74) is 2.53. The first-order chi connectivity index (χ1) is 11.6. The van der Waals surface area contributed by atoms with Crippen LogP contribution in [0.2, 0.25) is 0 Å². The van der Waals surface area contributed by atoms with Gasteiger partial charge in [-0.2, -0.15) is 10.1 Å². The second kappa shape index (κ2) is 5.83. The molecule has 0 N–H and O–H groups in total. The number of benzene rings is 1. The van der Waals surface area contributed by atoms with Crippen LogP contribution < -0.4 is 0 Å². The minimum absolute atomic E-state index is 0.153. The van der Waals surface area contributed by atoms with E-state index in [4.69, 9.17) is 9.26 Å². The lowest BCUT2D eigenvalue weighted by Crippen LogP contribution is -2.21. The highest BCUT2D eigenvalue weighted by molar-refractivity contribution is 5.47. The van der Waals surface area contributed by atoms with Crippen molar-refractivity contribution in [2.24, 2.45) is 0 Å². The summed E-state index contributed by atoms with van der Waals surface area (Å²) >= 11 is 0. The highest BCUT2D eigenvalue weighted by atomic mass is 19.1. The minimum Gasteiger partial charge on any atom is -0.365 e. The van der Waals surface area contributed by atoms with E-state index in [2.05, 4.69) is 15.2 Å². The monoisotopic (exact) mass is 328 g/mol. The van der Waals surface area contributed by atoms with Crippen molar-refractivity contribution in [3.63, 3.8) is 0 Å². The summed E-state index contributed by atoms with van der Waals surface area (Å²) in [6.07, 6.45) is -0.153. The van der Waals surface area contributed by atoms with E-state index in [1.54, 1.807) is 12.1 Å². The van der Waals surface area contributed by atoms with Crippen LogP contribution in [0.15, 0.2) is 34.9 Å². The number of hydrogen-bond donors (Lipinski definition) is 0. The molecule has 124 valence electrons. The Morgan fingerprint density at radius 2 is 2.04 bits per heavy atom. The van der Waals surface area contributed by atoms with E-state index >= 15 is 0 Å². The summed E-state index contributed by atoms with van der Waals surface area (Å²) in [5.74, 6) is 1.02. The fourth-order valence-corrected chi connectivity index (χ4v) is 2.68. The number of ether oxygens (including phenoxy) is 1. The van der Waals surface area contributed by atoms with E-state index < -0.39 is 0 Å². The van der Waals surface area contributed by atoms with Gasteiger partial charge in [0, 0.05) is 5.92 Å². The zero-order chi connectivity index (χ0) is 16.7. The highest BCUT2D eigenvalue weighted by Crippen LogP contribution is 2.29. The molecule has 4 rings (SSSR count). The molecule has 1 unspecified atom stereocenters. The van der Waals surface area contributed by atoms with Crippen LogP contribution in [0.1, 0.15) is 43.0 Å². The van der Waals surface area contributed by atoms with E-state index in [1.807, 2.05) is 24.6 Å². The van der Waals surface area contributed by atoms with Crippen LogP contribution in [0, 0.1) is 5.82 Å². The quantitative estimate of drug-likeness (QED) is 0.736. The average Bonchev–Trinajstić information content (AvgIpc) is 3.21. The molecule has 1 aliphatic rings. The molecule has 24 heavy (non-hydrogen) atoms. The second-order valence-corrected chi connectivity index (χ2v) is 6.17. The van der Waals surface area contributed by atoms with Crippen LogP contribution in [0.4, 0.5) is 4.39 Å². The molecule has 0 aliphatic carbocycles. The Labute approximate surface area is 138 Å². The van der Waals surface area contributed by atoms with Crippen molar-refractivity contribution in [1.82, 2.24) is 19.9 Å². The zero-order valence-electron chi connectivity index (χ0n) is 13.4. The number of hydrogen-bond acceptors (Lipinski definition) is 5. The Hall–Kier alpha value is -2.54. The lowest BCUT2D eigenvalue weighted by atomic mass is 10.1. The van der Waals surface area contributed by atoms with Crippen molar-refractivity contribution in [1.29, 1.82) is 0 Å². The summed E-state index contributed by atoms with van der Waals surface area (Å²) < 4.78 is 26.1. The fourth-order valence-electron chi connectivity index (χ4n) is 2.68. The van der Waals surface area contributed by atoms with Crippen molar-refractivity contribution in [2.45, 2.75) is 39.0 Å². The first-order valence-electron chi connectivity index (χ1n) is 7.88. The summed E-state index contributed by atoms with van der Waals surface area (Å²) in [4.78, 5) is 4.37. The molecule has 0 bridgehead atoms. The molecule has 0 radical (unpaired) electrons. The third-order valence-corrected chi connectivity index (χ3v) is 4.05. The average molecular weight is 328 g/mol. The van der Waals surface area contributed by atoms with Crippen molar-refractivity contribution in [3.05, 3.63) is 53.2 Å². The van der Waals surface area contributed by atoms with Crippen molar-refractivity contribution in [3.8, 4) is 11.6 Å². The van der Waals surface area contributed by atoms with Gasteiger partial charge >= 0.3 is 0 Å². The molecule has 0 amide bonds. The van der Waals surface area contributed by atoms with Crippen molar-refractivity contribution >= 4 is 0 Å². The number of aromatic nitrogens is 4. The highest BCUT2D eigenvalue weighted by Gasteiger charge is 2.24. The van der Waals surface area contributed by atoms with Gasteiger partial charge in [0.15, 0.2) is 11.5 Å². The van der Waals surface area contributed by atoms with Crippen molar-refractivity contribution < 1.29 is 13.7 Å². The van der Waals surface area contributed by atoms with Gasteiger partial charge < -0.3 is 9.26 Å². The largest absolute Gasteiger partial charge is 0.365 e. The fraction of sp³-hybridized carbons (Fsp3) is 0.353. The zero-order valence-corrected chi connectivity index (χ0v) is 13.4. The lowest BCUT2D eigenvalue weighted by molar-refractivity contribution is -0.00116. The van der Waals surface area contributed by atoms with E-state index in [1.165, 1.54) is 12.1 Å². The van der Waals surface area contributed by atoms with Gasteiger partial charge in [0.25, 0.3) is 5.89 Å². The Bertz CT molecular complexity index is 854. The summed E-state index contributed by atoms with van der Waals surface area (Å²) in [7, 11) is 0. The smallest absolute Gasteiger partial charge is 0.278 e. The molecule has 0 spiro atoms. The molecule has 7 heteroatoms. The molecule has 0 saturated heterocycles. The molecular weight excluding hydrogens is 311 g/mol. The maximum Gasteiger partial charge on any atom is 0.278 e. The predicted octanol–water partition coefficient (Wildman–Crippen LogP) is 3.47. The van der Waals surface area contributed by atoms with Crippen molar-refractivity contribution in [2.75, 3.05) is 0 Å². The van der Waals surface area contributed by atoms with Crippen LogP contribution in [-0.2, 0) is 17.9 Å². The van der Waals surface area contributed by atoms with E-state index in [0.717, 1.165) is 11.3 Å². The maximum atomic E-state index is 13.1. The van der Waals surface area contributed by atoms with Crippen LogP contribution in [0.25, 0.3) is 11.6 Å². The molecule has 0 fully saturated rings. The Balaban J connectivity index is 1.58. The first kappa shape index (κ1) is 15.0. The van der Waals surface area contributed by atoms with E-state index in [9.17, 15) is 4.39 Å². The maximum absolute atomic E-state index is 13.1. The molecule has 2 aromatic heterocycles. The summed E-state index contributed by atoms with van der Waals surface area (Å²) in [6, 6.07) is 8.26. The van der Waals surface area contributed by atoms with Crippen LogP contribution in [-0.4, -0.2) is 19.9 Å². The minimum atomic E-state index is -0.256. The van der Waals surface area contributed by atoms with Gasteiger partial charge in [0.2, 0.25) is 0 Å². The molecule has 3 aromatic rings. The molecule has 6 nitrogen and oxygen atoms in total. The molecule has 1 aliphatic heterocycles. The Kier molecular flexibility index (Phi) is 3.65. The number of rotatable bonds is 3. The van der Waals surface area contributed by atoms with Gasteiger partial charge in [-0.05, 0) is 23.8 Å². The topological polar surface area (TPSA) is 66.0 Å². The molecule has 0 saturated carbocycles. The second-order valence-electron chi connectivity index (χ2n) is 6.17. The predicted molar refractivity (Wildman–Crippen MR) is 83.5 cm³/mol. The molecule has 1 atom stereocenters. The third-order valence-electron chi connectivity index (χ3n) is 4.05. The molecular formula is C17H17FN4O2. The normalized spacial score (nSPS) is 17.2. The Morgan fingerprint density at radius 1 is 1.25 bits per heavy atom. The van der Waals surface area contributed by atoms with Crippen LogP contribution >= 0.6 is 0 Å². The van der Waals surface area contributed by atoms with Gasteiger partial charge in [-0.25, -0.2) is 4.39 Å². The standard InChI is InChI=1S/C17H17FN4O2/c1-10(2)16-19-17(24-21-16)14-7-13-9-23-15(8-22(13)20-14)11-3-5-12(18)6-4-11/h3-7,10,15H,8-9H2,1-2H3. The first-order valence-corrected chi connectivity index (χ1v) is 7.88. The number of fused-ring (bicyclic) bond motifs is 1. The lowest BCUT2D eigenvalue weighted by Gasteiger charge is -2.24. The van der Waals surface area contributed by atoms with Gasteiger partial charge in [0.1, 0.15) is 11.9 Å².